The number of unbranched alkanes of at least 4 members (excludes halogenated alkanes) is 2. The number of aromatic nitrogens is 1. The average Bonchev–Trinajstić information content (AvgIpc) is 3.36. The number of nitro benzene ring substituents is 1. The second-order valence-corrected chi connectivity index (χ2v) is 11.5. The summed E-state index contributed by atoms with van der Waals surface area (Å²) in [6.45, 7) is 9.29. The van der Waals surface area contributed by atoms with Crippen molar-refractivity contribution in [1.29, 1.82) is 0 Å². The predicted octanol–water partition coefficient (Wildman–Crippen LogP) is 5.43. The lowest BCUT2D eigenvalue weighted by molar-refractivity contribution is -0.384. The van der Waals surface area contributed by atoms with E-state index in [0.29, 0.717) is 52.2 Å². The highest BCUT2D eigenvalue weighted by Gasteiger charge is 2.21. The Bertz CT molecular complexity index is 1360. The average molecular weight is 580 g/mol. The van der Waals surface area contributed by atoms with Crippen LogP contribution in [0, 0.1) is 10.1 Å². The topological polar surface area (TPSA) is 130 Å². The highest BCUT2D eigenvalue weighted by Crippen LogP contribution is 2.25. The number of carbonyl (C=O) groups is 2. The standard InChI is InChI=1S/C31H41N5O6/c1-31(2,3)42-30(38)32-15-14-23-22-33-28-13-12-26(21-27(23)28)41-20-6-4-5-7-29(37)35-18-16-34(17-19-35)24-8-10-25(11-9-24)36(39)40/h8-13,21-22,33H,4-7,14-20H2,1-3H3,(H,32,38). The van der Waals surface area contributed by atoms with E-state index in [0.717, 1.165) is 47.2 Å². The number of nitrogens with zero attached hydrogens (tertiary/aromatic N) is 3. The number of non-ortho nitro benzene ring substituents is 1. The van der Waals surface area contributed by atoms with Crippen LogP contribution in [0.15, 0.2) is 48.7 Å². The maximum absolute atomic E-state index is 12.7. The first-order valence-electron chi connectivity index (χ1n) is 14.6. The van der Waals surface area contributed by atoms with Crippen LogP contribution < -0.4 is 15.0 Å². The van der Waals surface area contributed by atoms with Gasteiger partial charge in [0.2, 0.25) is 5.91 Å². The van der Waals surface area contributed by atoms with Gasteiger partial charge < -0.3 is 29.6 Å². The summed E-state index contributed by atoms with van der Waals surface area (Å²) in [5.74, 6) is 0.969. The fraction of sp³-hybridized carbons (Fsp3) is 0.484. The van der Waals surface area contributed by atoms with Gasteiger partial charge in [-0.25, -0.2) is 4.79 Å². The lowest BCUT2D eigenvalue weighted by Crippen LogP contribution is -2.48. The molecule has 11 heteroatoms. The molecule has 1 aliphatic rings. The van der Waals surface area contributed by atoms with Crippen molar-refractivity contribution >= 4 is 34.3 Å². The minimum Gasteiger partial charge on any atom is -0.494 e. The number of hydrogen-bond donors (Lipinski definition) is 2. The second-order valence-electron chi connectivity index (χ2n) is 11.5. The molecule has 0 spiro atoms. The number of alkyl carbamates (subject to hydrolysis) is 1. The van der Waals surface area contributed by atoms with Crippen LogP contribution in [0.5, 0.6) is 5.75 Å². The first kappa shape index (κ1) is 30.7. The SMILES string of the molecule is CC(C)(C)OC(=O)NCCc1c[nH]c2ccc(OCCCCCC(=O)N3CCN(c4ccc([N+](=O)[O-])cc4)CC3)cc12. The van der Waals surface area contributed by atoms with Crippen molar-refractivity contribution < 1.29 is 24.0 Å². The molecule has 1 saturated heterocycles. The van der Waals surface area contributed by atoms with Crippen LogP contribution in [0.4, 0.5) is 16.2 Å². The minimum atomic E-state index is -0.525. The van der Waals surface area contributed by atoms with Gasteiger partial charge >= 0.3 is 6.09 Å². The van der Waals surface area contributed by atoms with Crippen molar-refractivity contribution in [3.05, 3.63) is 64.3 Å². The van der Waals surface area contributed by atoms with E-state index in [1.807, 2.05) is 50.1 Å². The number of aromatic amines is 1. The molecule has 0 radical (unpaired) electrons. The number of fused-ring (bicyclic) bond motifs is 1. The second kappa shape index (κ2) is 14.1. The monoisotopic (exact) mass is 579 g/mol. The molecule has 4 rings (SSSR count). The Kier molecular flexibility index (Phi) is 10.3. The zero-order valence-corrected chi connectivity index (χ0v) is 24.7. The number of nitro groups is 1. The molecule has 0 unspecified atom stereocenters. The Morgan fingerprint density at radius 1 is 1.02 bits per heavy atom. The lowest BCUT2D eigenvalue weighted by Gasteiger charge is -2.36. The first-order chi connectivity index (χ1) is 20.1. The molecular formula is C31H41N5O6. The van der Waals surface area contributed by atoms with Gasteiger partial charge in [-0.1, -0.05) is 0 Å². The molecule has 0 bridgehead atoms. The summed E-state index contributed by atoms with van der Waals surface area (Å²) in [5.41, 5.74) is 2.61. The summed E-state index contributed by atoms with van der Waals surface area (Å²) in [6, 6.07) is 12.5. The smallest absolute Gasteiger partial charge is 0.407 e. The van der Waals surface area contributed by atoms with Gasteiger partial charge in [0.15, 0.2) is 0 Å². The largest absolute Gasteiger partial charge is 0.494 e. The van der Waals surface area contributed by atoms with E-state index in [1.165, 1.54) is 12.1 Å². The normalized spacial score (nSPS) is 13.7. The van der Waals surface area contributed by atoms with Crippen molar-refractivity contribution in [2.75, 3.05) is 44.2 Å². The fourth-order valence-corrected chi connectivity index (χ4v) is 4.97. The summed E-state index contributed by atoms with van der Waals surface area (Å²) >= 11 is 0. The van der Waals surface area contributed by atoms with Crippen LogP contribution in [0.1, 0.15) is 52.0 Å². The number of piperazine rings is 1. The number of ether oxygens (including phenoxy) is 2. The molecule has 2 aromatic carbocycles. The van der Waals surface area contributed by atoms with E-state index >= 15 is 0 Å². The van der Waals surface area contributed by atoms with Gasteiger partial charge in [0.05, 0.1) is 11.5 Å². The van der Waals surface area contributed by atoms with Crippen LogP contribution >= 0.6 is 0 Å². The summed E-state index contributed by atoms with van der Waals surface area (Å²) in [7, 11) is 0. The quantitative estimate of drug-likeness (QED) is 0.166. The summed E-state index contributed by atoms with van der Waals surface area (Å²) in [6.07, 6.45) is 5.31. The molecule has 1 aromatic heterocycles. The van der Waals surface area contributed by atoms with Gasteiger partial charge in [-0.15, -0.1) is 0 Å². The molecule has 11 nitrogen and oxygen atoms in total. The van der Waals surface area contributed by atoms with Crippen molar-refractivity contribution in [3.8, 4) is 5.75 Å². The van der Waals surface area contributed by atoms with Crippen molar-refractivity contribution in [2.24, 2.45) is 0 Å². The minimum absolute atomic E-state index is 0.0791. The molecule has 1 aliphatic heterocycles. The Balaban J connectivity index is 1.12. The van der Waals surface area contributed by atoms with Gasteiger partial charge in [0, 0.05) is 74.1 Å². The summed E-state index contributed by atoms with van der Waals surface area (Å²) < 4.78 is 11.3. The fourth-order valence-electron chi connectivity index (χ4n) is 4.97. The van der Waals surface area contributed by atoms with Gasteiger partial charge in [0.1, 0.15) is 11.4 Å². The molecule has 42 heavy (non-hydrogen) atoms. The van der Waals surface area contributed by atoms with Crippen LogP contribution in [0.25, 0.3) is 10.9 Å². The van der Waals surface area contributed by atoms with Gasteiger partial charge in [-0.05, 0) is 82.3 Å². The summed E-state index contributed by atoms with van der Waals surface area (Å²) in [4.78, 5) is 42.4. The molecular weight excluding hydrogens is 538 g/mol. The van der Waals surface area contributed by atoms with E-state index in [1.54, 1.807) is 12.1 Å². The molecule has 0 atom stereocenters. The molecule has 2 N–H and O–H groups in total. The number of H-pyrrole nitrogens is 1. The third-order valence-electron chi connectivity index (χ3n) is 7.16. The number of hydrogen-bond acceptors (Lipinski definition) is 7. The Labute approximate surface area is 246 Å². The number of anilines is 1. The summed E-state index contributed by atoms with van der Waals surface area (Å²) in [5, 5.41) is 14.7. The zero-order valence-electron chi connectivity index (χ0n) is 24.7. The molecule has 0 saturated carbocycles. The number of amides is 2. The van der Waals surface area contributed by atoms with E-state index in [9.17, 15) is 19.7 Å². The Hall–Kier alpha value is -4.28. The predicted molar refractivity (Wildman–Crippen MR) is 162 cm³/mol. The van der Waals surface area contributed by atoms with Gasteiger partial charge in [-0.3, -0.25) is 14.9 Å². The van der Waals surface area contributed by atoms with E-state index in [-0.39, 0.29) is 11.6 Å². The van der Waals surface area contributed by atoms with Gasteiger partial charge in [-0.2, -0.15) is 0 Å². The molecule has 2 heterocycles. The first-order valence-corrected chi connectivity index (χ1v) is 14.6. The van der Waals surface area contributed by atoms with Crippen molar-refractivity contribution in [3.63, 3.8) is 0 Å². The zero-order chi connectivity index (χ0) is 30.1. The third kappa shape index (κ3) is 8.86. The maximum Gasteiger partial charge on any atom is 0.407 e. The van der Waals surface area contributed by atoms with Crippen molar-refractivity contribution in [1.82, 2.24) is 15.2 Å². The maximum atomic E-state index is 12.7. The van der Waals surface area contributed by atoms with Crippen LogP contribution in [0.2, 0.25) is 0 Å². The van der Waals surface area contributed by atoms with E-state index < -0.39 is 16.6 Å². The molecule has 226 valence electrons. The third-order valence-corrected chi connectivity index (χ3v) is 7.16. The Morgan fingerprint density at radius 2 is 1.76 bits per heavy atom. The molecule has 2 amide bonds. The van der Waals surface area contributed by atoms with Crippen LogP contribution in [0.3, 0.4) is 0 Å². The molecule has 1 fully saturated rings. The van der Waals surface area contributed by atoms with Gasteiger partial charge in [0.25, 0.3) is 5.69 Å². The van der Waals surface area contributed by atoms with E-state index in [2.05, 4.69) is 15.2 Å². The lowest BCUT2D eigenvalue weighted by atomic mass is 10.1. The highest BCUT2D eigenvalue weighted by molar-refractivity contribution is 5.84. The van der Waals surface area contributed by atoms with Crippen LogP contribution in [-0.2, 0) is 16.0 Å². The molecule has 3 aromatic rings. The van der Waals surface area contributed by atoms with Crippen molar-refractivity contribution in [2.45, 2.75) is 58.5 Å². The number of nitrogens with one attached hydrogen (secondary N) is 2. The molecule has 0 aliphatic carbocycles. The van der Waals surface area contributed by atoms with Crippen LogP contribution in [-0.4, -0.2) is 71.7 Å². The number of rotatable bonds is 12. The number of carbonyl (C=O) groups excluding carboxylic acids is 2. The highest BCUT2D eigenvalue weighted by atomic mass is 16.6. The van der Waals surface area contributed by atoms with E-state index in [4.69, 9.17) is 9.47 Å². The number of benzene rings is 2. The Morgan fingerprint density at radius 3 is 2.45 bits per heavy atom.